The molecule has 0 radical (unpaired) electrons. The van der Waals surface area contributed by atoms with Crippen LogP contribution in [-0.2, 0) is 14.8 Å². The molecule has 0 spiro atoms. The minimum absolute atomic E-state index is 0.144. The third-order valence-electron chi connectivity index (χ3n) is 3.03. The molecule has 0 aromatic heterocycles. The highest BCUT2D eigenvalue weighted by Crippen LogP contribution is 2.21. The van der Waals surface area contributed by atoms with Crippen LogP contribution in [0.4, 0.5) is 0 Å². The third kappa shape index (κ3) is 3.27. The van der Waals surface area contributed by atoms with Crippen molar-refractivity contribution < 1.29 is 28.2 Å². The number of nitrogens with one attached hydrogen (secondary N) is 1. The topological polar surface area (TPSA) is 113 Å². The van der Waals surface area contributed by atoms with E-state index in [1.54, 1.807) is 0 Å². The van der Waals surface area contributed by atoms with E-state index in [0.717, 1.165) is 31.0 Å². The Hall–Kier alpha value is -1.64. The molecule has 0 saturated carbocycles. The Balaban J connectivity index is 2.16. The highest BCUT2D eigenvalue weighted by Gasteiger charge is 2.22. The number of benzene rings is 1. The van der Waals surface area contributed by atoms with Gasteiger partial charge < -0.3 is 14.9 Å². The van der Waals surface area contributed by atoms with Gasteiger partial charge in [0, 0.05) is 13.2 Å². The lowest BCUT2D eigenvalue weighted by atomic mass is 10.2. The van der Waals surface area contributed by atoms with E-state index >= 15 is 0 Å². The number of aromatic carboxylic acids is 1. The maximum Gasteiger partial charge on any atom is 0.339 e. The molecule has 20 heavy (non-hydrogen) atoms. The molecule has 1 atom stereocenters. The van der Waals surface area contributed by atoms with Crippen molar-refractivity contribution >= 4 is 16.0 Å². The Morgan fingerprint density at radius 3 is 2.80 bits per heavy atom. The van der Waals surface area contributed by atoms with Gasteiger partial charge in [0.1, 0.15) is 11.3 Å². The van der Waals surface area contributed by atoms with Crippen molar-refractivity contribution in [2.75, 3.05) is 13.2 Å². The van der Waals surface area contributed by atoms with Gasteiger partial charge in [-0.3, -0.25) is 0 Å². The molecule has 1 aromatic carbocycles. The molecule has 1 heterocycles. The van der Waals surface area contributed by atoms with Crippen molar-refractivity contribution in [3.63, 3.8) is 0 Å². The van der Waals surface area contributed by atoms with Crippen molar-refractivity contribution in [2.24, 2.45) is 0 Å². The van der Waals surface area contributed by atoms with Crippen molar-refractivity contribution in [3.05, 3.63) is 23.8 Å². The van der Waals surface area contributed by atoms with E-state index < -0.39 is 27.3 Å². The second-order valence-electron chi connectivity index (χ2n) is 4.47. The lowest BCUT2D eigenvalue weighted by Crippen LogP contribution is -2.31. The summed E-state index contributed by atoms with van der Waals surface area (Å²) in [7, 11) is -3.82. The number of hydrogen-bond donors (Lipinski definition) is 3. The molecule has 3 N–H and O–H groups in total. The van der Waals surface area contributed by atoms with Crippen molar-refractivity contribution in [1.82, 2.24) is 4.72 Å². The summed E-state index contributed by atoms with van der Waals surface area (Å²) in [4.78, 5) is 10.7. The second-order valence-corrected chi connectivity index (χ2v) is 6.24. The minimum Gasteiger partial charge on any atom is -0.507 e. The van der Waals surface area contributed by atoms with Crippen LogP contribution in [0.3, 0.4) is 0 Å². The fraction of sp³-hybridized carbons (Fsp3) is 0.417. The normalized spacial score (nSPS) is 19.1. The molecule has 0 bridgehead atoms. The Kier molecular flexibility index (Phi) is 4.26. The summed E-state index contributed by atoms with van der Waals surface area (Å²) in [6.07, 6.45) is 1.54. The summed E-state index contributed by atoms with van der Waals surface area (Å²) < 4.78 is 31.7. The number of aromatic hydroxyl groups is 1. The van der Waals surface area contributed by atoms with Gasteiger partial charge in [0.05, 0.1) is 11.0 Å². The predicted octanol–water partition coefficient (Wildman–Crippen LogP) is 0.548. The smallest absolute Gasteiger partial charge is 0.339 e. The van der Waals surface area contributed by atoms with Crippen LogP contribution in [0.2, 0.25) is 0 Å². The molecule has 1 aromatic rings. The summed E-state index contributed by atoms with van der Waals surface area (Å²) in [5.74, 6) is -1.87. The maximum absolute atomic E-state index is 12.0. The van der Waals surface area contributed by atoms with Crippen molar-refractivity contribution in [3.8, 4) is 5.75 Å². The van der Waals surface area contributed by atoms with Gasteiger partial charge in [-0.15, -0.1) is 0 Å². The van der Waals surface area contributed by atoms with Gasteiger partial charge in [-0.25, -0.2) is 17.9 Å². The van der Waals surface area contributed by atoms with Gasteiger partial charge in [0.15, 0.2) is 0 Å². The van der Waals surface area contributed by atoms with Crippen LogP contribution in [0.1, 0.15) is 23.2 Å². The number of carboxylic acids is 1. The van der Waals surface area contributed by atoms with Gasteiger partial charge in [-0.05, 0) is 31.0 Å². The van der Waals surface area contributed by atoms with Crippen LogP contribution in [0, 0.1) is 0 Å². The monoisotopic (exact) mass is 301 g/mol. The largest absolute Gasteiger partial charge is 0.507 e. The first-order valence-corrected chi connectivity index (χ1v) is 7.56. The fourth-order valence-electron chi connectivity index (χ4n) is 1.94. The molecule has 1 saturated heterocycles. The highest BCUT2D eigenvalue weighted by atomic mass is 32.2. The molecule has 0 aliphatic carbocycles. The van der Waals surface area contributed by atoms with Crippen LogP contribution in [-0.4, -0.2) is 43.9 Å². The molecule has 7 nitrogen and oxygen atoms in total. The zero-order valence-corrected chi connectivity index (χ0v) is 11.4. The number of phenols is 1. The Morgan fingerprint density at radius 1 is 1.45 bits per heavy atom. The van der Waals surface area contributed by atoms with Crippen LogP contribution in [0.25, 0.3) is 0 Å². The molecule has 1 aliphatic rings. The third-order valence-corrected chi connectivity index (χ3v) is 4.45. The lowest BCUT2D eigenvalue weighted by molar-refractivity contribution is 0.0693. The van der Waals surface area contributed by atoms with E-state index in [4.69, 9.17) is 9.84 Å². The van der Waals surface area contributed by atoms with Crippen molar-refractivity contribution in [2.45, 2.75) is 23.8 Å². The number of rotatable bonds is 5. The molecule has 8 heteroatoms. The van der Waals surface area contributed by atoms with E-state index in [2.05, 4.69) is 4.72 Å². The summed E-state index contributed by atoms with van der Waals surface area (Å²) in [6.45, 7) is 0.764. The number of hydrogen-bond acceptors (Lipinski definition) is 5. The highest BCUT2D eigenvalue weighted by molar-refractivity contribution is 7.89. The maximum atomic E-state index is 12.0. The summed E-state index contributed by atoms with van der Waals surface area (Å²) in [6, 6.07) is 3.12. The van der Waals surface area contributed by atoms with Crippen molar-refractivity contribution in [1.29, 1.82) is 0 Å². The van der Waals surface area contributed by atoms with Crippen LogP contribution >= 0.6 is 0 Å². The van der Waals surface area contributed by atoms with E-state index in [-0.39, 0.29) is 17.5 Å². The van der Waals surface area contributed by atoms with E-state index in [1.165, 1.54) is 0 Å². The van der Waals surface area contributed by atoms with Crippen LogP contribution in [0.15, 0.2) is 23.1 Å². The molecule has 2 rings (SSSR count). The summed E-state index contributed by atoms with van der Waals surface area (Å²) in [5, 5.41) is 18.2. The average Bonchev–Trinajstić information content (AvgIpc) is 2.89. The van der Waals surface area contributed by atoms with Gasteiger partial charge in [-0.1, -0.05) is 0 Å². The van der Waals surface area contributed by atoms with E-state index in [9.17, 15) is 18.3 Å². The average molecular weight is 301 g/mol. The summed E-state index contributed by atoms with van der Waals surface area (Å²) >= 11 is 0. The quantitative estimate of drug-likeness (QED) is 0.732. The molecule has 0 unspecified atom stereocenters. The van der Waals surface area contributed by atoms with Gasteiger partial charge >= 0.3 is 5.97 Å². The standard InChI is InChI=1S/C12H15NO6S/c14-11-4-3-9(6-10(11)12(15)16)20(17,18)13-7-8-2-1-5-19-8/h3-4,6,8,13-14H,1-2,5,7H2,(H,15,16)/t8-/m0/s1. The predicted molar refractivity (Wildman–Crippen MR) is 69.2 cm³/mol. The molecular weight excluding hydrogens is 286 g/mol. The molecule has 1 aliphatic heterocycles. The number of carboxylic acid groups (broad SMARTS) is 1. The molecule has 1 fully saturated rings. The van der Waals surface area contributed by atoms with Gasteiger partial charge in [-0.2, -0.15) is 0 Å². The van der Waals surface area contributed by atoms with Gasteiger partial charge in [0.25, 0.3) is 0 Å². The number of carbonyl (C=O) groups is 1. The first-order valence-electron chi connectivity index (χ1n) is 6.08. The first-order chi connectivity index (χ1) is 9.40. The van der Waals surface area contributed by atoms with Crippen LogP contribution in [0.5, 0.6) is 5.75 Å². The first kappa shape index (κ1) is 14.8. The van der Waals surface area contributed by atoms with E-state index in [0.29, 0.717) is 6.61 Å². The minimum atomic E-state index is -3.82. The fourth-order valence-corrected chi connectivity index (χ4v) is 3.04. The Bertz CT molecular complexity index is 606. The molecule has 110 valence electrons. The molecular formula is C12H15NO6S. The summed E-state index contributed by atoms with van der Waals surface area (Å²) in [5.41, 5.74) is -0.454. The van der Waals surface area contributed by atoms with Crippen LogP contribution < -0.4 is 4.72 Å². The number of ether oxygens (including phenoxy) is 1. The zero-order valence-electron chi connectivity index (χ0n) is 10.6. The second kappa shape index (κ2) is 5.78. The lowest BCUT2D eigenvalue weighted by Gasteiger charge is -2.12. The Morgan fingerprint density at radius 2 is 2.20 bits per heavy atom. The zero-order chi connectivity index (χ0) is 14.8. The SMILES string of the molecule is O=C(O)c1cc(S(=O)(=O)NC[C@@H]2CCCO2)ccc1O. The molecule has 0 amide bonds. The van der Waals surface area contributed by atoms with E-state index in [1.807, 2.05) is 0 Å². The Labute approximate surface area is 116 Å². The van der Waals surface area contributed by atoms with Gasteiger partial charge in [0.2, 0.25) is 10.0 Å². The number of sulfonamides is 1.